The molecule has 2 aliphatic heterocycles. The number of rotatable bonds is 4. The van der Waals surface area contributed by atoms with Crippen molar-refractivity contribution in [3.8, 4) is 0 Å². The van der Waals surface area contributed by atoms with Crippen LogP contribution >= 0.6 is 0 Å². The van der Waals surface area contributed by atoms with Crippen LogP contribution in [0.1, 0.15) is 55.1 Å². The van der Waals surface area contributed by atoms with Crippen LogP contribution in [0.4, 0.5) is 0 Å². The van der Waals surface area contributed by atoms with Gasteiger partial charge in [0.25, 0.3) is 0 Å². The fraction of sp³-hybridized carbons (Fsp3) is 0.480. The highest BCUT2D eigenvalue weighted by molar-refractivity contribution is 5.48. The standard InChI is InChI=1S/C15H19NO.C10H13N/c17-11-16-9-8-14(10-15(16)13-6-7-13)12-4-2-1-3-5-12;1-2-4-9(5-3-1)10-6-7-11-8-10/h1-5,11,13-15H,6-10H2;1-5,10-11H,6-8H2. The Kier molecular flexibility index (Phi) is 6.43. The van der Waals surface area contributed by atoms with Gasteiger partial charge in [-0.15, -0.1) is 0 Å². The molecule has 3 atom stereocenters. The van der Waals surface area contributed by atoms with E-state index in [4.69, 9.17) is 0 Å². The smallest absolute Gasteiger partial charge is 0.209 e. The van der Waals surface area contributed by atoms with Gasteiger partial charge in [-0.1, -0.05) is 60.7 Å². The number of nitrogens with one attached hydrogen (secondary N) is 1. The number of amides is 1. The summed E-state index contributed by atoms with van der Waals surface area (Å²) >= 11 is 0. The predicted octanol–water partition coefficient (Wildman–Crippen LogP) is 4.56. The first-order chi connectivity index (χ1) is 13.8. The molecule has 2 saturated heterocycles. The maximum absolute atomic E-state index is 11.1. The van der Waals surface area contributed by atoms with Crippen molar-refractivity contribution in [2.45, 2.75) is 50.0 Å². The Balaban J connectivity index is 0.000000151. The van der Waals surface area contributed by atoms with E-state index in [2.05, 4.69) is 66.0 Å². The predicted molar refractivity (Wildman–Crippen MR) is 114 cm³/mol. The molecule has 1 saturated carbocycles. The van der Waals surface area contributed by atoms with E-state index in [9.17, 15) is 4.79 Å². The summed E-state index contributed by atoms with van der Waals surface area (Å²) in [5.74, 6) is 2.20. The number of carbonyl (C=O) groups is 1. The van der Waals surface area contributed by atoms with E-state index in [0.717, 1.165) is 44.2 Å². The van der Waals surface area contributed by atoms with Crippen LogP contribution in [0.5, 0.6) is 0 Å². The SMILES string of the molecule is O=CN1CCC(c2ccccc2)CC1C1CC1.c1ccc(C2CCNC2)cc1. The maximum atomic E-state index is 11.1. The molecule has 2 heterocycles. The van der Waals surface area contributed by atoms with E-state index in [1.165, 1.54) is 36.9 Å². The Morgan fingerprint density at radius 2 is 1.46 bits per heavy atom. The van der Waals surface area contributed by atoms with Crippen molar-refractivity contribution in [2.24, 2.45) is 5.92 Å². The number of piperidine rings is 1. The zero-order chi connectivity index (χ0) is 19.2. The molecule has 3 heteroatoms. The van der Waals surface area contributed by atoms with E-state index in [1.54, 1.807) is 0 Å². The van der Waals surface area contributed by atoms with Crippen LogP contribution in [0.15, 0.2) is 60.7 Å². The summed E-state index contributed by atoms with van der Waals surface area (Å²) in [6, 6.07) is 22.0. The molecule has 3 nitrogen and oxygen atoms in total. The second-order valence-electron chi connectivity index (χ2n) is 8.48. The Morgan fingerprint density at radius 1 is 0.821 bits per heavy atom. The third-order valence-electron chi connectivity index (χ3n) is 6.59. The highest BCUT2D eigenvalue weighted by Gasteiger charge is 2.39. The van der Waals surface area contributed by atoms with E-state index >= 15 is 0 Å². The summed E-state index contributed by atoms with van der Waals surface area (Å²) in [6.45, 7) is 3.27. The summed E-state index contributed by atoms with van der Waals surface area (Å²) < 4.78 is 0. The number of benzene rings is 2. The Bertz CT molecular complexity index is 723. The van der Waals surface area contributed by atoms with Crippen LogP contribution < -0.4 is 5.32 Å². The summed E-state index contributed by atoms with van der Waals surface area (Å²) in [6.07, 6.45) is 7.26. The number of likely N-dealkylation sites (tertiary alicyclic amines) is 1. The number of hydrogen-bond acceptors (Lipinski definition) is 2. The van der Waals surface area contributed by atoms with Crippen molar-refractivity contribution in [2.75, 3.05) is 19.6 Å². The van der Waals surface area contributed by atoms with E-state index in [1.807, 2.05) is 4.90 Å². The van der Waals surface area contributed by atoms with Gasteiger partial charge in [-0.3, -0.25) is 4.79 Å². The molecular formula is C25H32N2O. The topological polar surface area (TPSA) is 32.3 Å². The van der Waals surface area contributed by atoms with Crippen LogP contribution in [0.3, 0.4) is 0 Å². The monoisotopic (exact) mass is 376 g/mol. The lowest BCUT2D eigenvalue weighted by Crippen LogP contribution is -2.42. The second-order valence-corrected chi connectivity index (χ2v) is 8.48. The third-order valence-corrected chi connectivity index (χ3v) is 6.59. The Hall–Kier alpha value is -2.13. The normalized spacial score (nSPS) is 27.0. The zero-order valence-corrected chi connectivity index (χ0v) is 16.7. The lowest BCUT2D eigenvalue weighted by Gasteiger charge is -2.37. The minimum Gasteiger partial charge on any atom is -0.342 e. The molecule has 3 unspecified atom stereocenters. The maximum Gasteiger partial charge on any atom is 0.209 e. The summed E-state index contributed by atoms with van der Waals surface area (Å²) in [5, 5.41) is 3.37. The molecule has 3 aliphatic rings. The molecule has 1 aliphatic carbocycles. The quantitative estimate of drug-likeness (QED) is 0.793. The van der Waals surface area contributed by atoms with Gasteiger partial charge in [-0.2, -0.15) is 0 Å². The van der Waals surface area contributed by atoms with E-state index in [0.29, 0.717) is 12.0 Å². The fourth-order valence-corrected chi connectivity index (χ4v) is 4.78. The van der Waals surface area contributed by atoms with Gasteiger partial charge in [0.2, 0.25) is 6.41 Å². The van der Waals surface area contributed by atoms with Crippen molar-refractivity contribution in [3.63, 3.8) is 0 Å². The van der Waals surface area contributed by atoms with Gasteiger partial charge in [-0.25, -0.2) is 0 Å². The lowest BCUT2D eigenvalue weighted by molar-refractivity contribution is -0.122. The lowest BCUT2D eigenvalue weighted by atomic mass is 9.84. The molecule has 1 N–H and O–H groups in total. The molecule has 0 bridgehead atoms. The molecule has 2 aromatic rings. The largest absolute Gasteiger partial charge is 0.342 e. The van der Waals surface area contributed by atoms with Gasteiger partial charge in [-0.05, 0) is 67.5 Å². The van der Waals surface area contributed by atoms with Crippen molar-refractivity contribution in [1.82, 2.24) is 10.2 Å². The van der Waals surface area contributed by atoms with Crippen LogP contribution in [0.2, 0.25) is 0 Å². The van der Waals surface area contributed by atoms with Gasteiger partial charge in [0.15, 0.2) is 0 Å². The van der Waals surface area contributed by atoms with Crippen LogP contribution in [0.25, 0.3) is 0 Å². The third kappa shape index (κ3) is 4.82. The number of nitrogens with zero attached hydrogens (tertiary/aromatic N) is 1. The highest BCUT2D eigenvalue weighted by Crippen LogP contribution is 2.42. The first-order valence-electron chi connectivity index (χ1n) is 10.9. The first kappa shape index (κ1) is 19.2. The van der Waals surface area contributed by atoms with Gasteiger partial charge in [0, 0.05) is 19.1 Å². The molecule has 0 radical (unpaired) electrons. The van der Waals surface area contributed by atoms with Gasteiger partial charge >= 0.3 is 0 Å². The van der Waals surface area contributed by atoms with Gasteiger partial charge in [0.05, 0.1) is 0 Å². The molecular weight excluding hydrogens is 344 g/mol. The molecule has 148 valence electrons. The second kappa shape index (κ2) is 9.38. The Morgan fingerprint density at radius 3 is 2.00 bits per heavy atom. The molecule has 0 aromatic heterocycles. The Labute approximate surface area is 169 Å². The van der Waals surface area contributed by atoms with Crippen molar-refractivity contribution < 1.29 is 4.79 Å². The van der Waals surface area contributed by atoms with Gasteiger partial charge < -0.3 is 10.2 Å². The fourth-order valence-electron chi connectivity index (χ4n) is 4.78. The van der Waals surface area contributed by atoms with Crippen LogP contribution in [-0.4, -0.2) is 37.0 Å². The van der Waals surface area contributed by atoms with Crippen molar-refractivity contribution in [3.05, 3.63) is 71.8 Å². The van der Waals surface area contributed by atoms with Crippen molar-refractivity contribution >= 4 is 6.41 Å². The molecule has 28 heavy (non-hydrogen) atoms. The summed E-state index contributed by atoms with van der Waals surface area (Å²) in [5.41, 5.74) is 2.93. The molecule has 0 spiro atoms. The summed E-state index contributed by atoms with van der Waals surface area (Å²) in [7, 11) is 0. The zero-order valence-electron chi connectivity index (χ0n) is 16.7. The minimum absolute atomic E-state index is 0.506. The molecule has 5 rings (SSSR count). The van der Waals surface area contributed by atoms with Gasteiger partial charge in [0.1, 0.15) is 0 Å². The van der Waals surface area contributed by atoms with Crippen molar-refractivity contribution in [1.29, 1.82) is 0 Å². The van der Waals surface area contributed by atoms with Crippen LogP contribution in [0, 0.1) is 5.92 Å². The molecule has 2 aromatic carbocycles. The first-order valence-corrected chi connectivity index (χ1v) is 10.9. The summed E-state index contributed by atoms with van der Waals surface area (Å²) in [4.78, 5) is 13.1. The number of carbonyl (C=O) groups excluding carboxylic acids is 1. The minimum atomic E-state index is 0.506. The average molecular weight is 377 g/mol. The molecule has 1 amide bonds. The highest BCUT2D eigenvalue weighted by atomic mass is 16.1. The average Bonchev–Trinajstić information content (AvgIpc) is 3.48. The van der Waals surface area contributed by atoms with E-state index in [-0.39, 0.29) is 0 Å². The van der Waals surface area contributed by atoms with Crippen LogP contribution in [-0.2, 0) is 4.79 Å². The number of hydrogen-bond donors (Lipinski definition) is 1. The molecule has 3 fully saturated rings. The van der Waals surface area contributed by atoms with E-state index < -0.39 is 0 Å².